The lowest BCUT2D eigenvalue weighted by Crippen LogP contribution is -2.38. The quantitative estimate of drug-likeness (QED) is 0.910. The number of aryl methyl sites for hydroxylation is 1. The molecule has 2 aromatic heterocycles. The van der Waals surface area contributed by atoms with Crippen LogP contribution in [0.2, 0.25) is 0 Å². The molecule has 0 unspecified atom stereocenters. The highest BCUT2D eigenvalue weighted by Gasteiger charge is 2.24. The number of hydrogen-bond donors (Lipinski definition) is 1. The van der Waals surface area contributed by atoms with E-state index >= 15 is 0 Å². The zero-order valence-corrected chi connectivity index (χ0v) is 14.2. The van der Waals surface area contributed by atoms with Gasteiger partial charge >= 0.3 is 0 Å². The van der Waals surface area contributed by atoms with E-state index in [1.807, 2.05) is 13.1 Å². The number of H-pyrrole nitrogens is 1. The van der Waals surface area contributed by atoms with Crippen LogP contribution < -0.4 is 0 Å². The molecule has 1 atom stereocenters. The van der Waals surface area contributed by atoms with Crippen molar-refractivity contribution in [3.8, 4) is 0 Å². The molecule has 2 aromatic rings. The van der Waals surface area contributed by atoms with Crippen molar-refractivity contribution in [1.82, 2.24) is 24.8 Å². The molecule has 0 spiro atoms. The number of nitrogens with zero attached hydrogens (tertiary/aromatic N) is 4. The van der Waals surface area contributed by atoms with Crippen molar-refractivity contribution in [3.05, 3.63) is 33.8 Å². The van der Waals surface area contributed by atoms with Crippen molar-refractivity contribution in [2.75, 3.05) is 33.8 Å². The highest BCUT2D eigenvalue weighted by molar-refractivity contribution is 7.09. The molecular formula is C15H23N5OS. The SMILES string of the molecule is Cc1nc(CN2CCO[C@H](c3ncc(CN(C)C)[nH]3)C2)cs1. The fourth-order valence-corrected chi connectivity index (χ4v) is 3.29. The molecule has 120 valence electrons. The van der Waals surface area contributed by atoms with Crippen LogP contribution in [0.3, 0.4) is 0 Å². The number of nitrogens with one attached hydrogen (secondary N) is 1. The lowest BCUT2D eigenvalue weighted by Gasteiger charge is -2.31. The standard InChI is InChI=1S/C15H23N5OS/c1-11-17-13(10-22-11)8-20-4-5-21-14(9-20)15-16-6-12(18-15)7-19(2)3/h6,10,14H,4-5,7-9H2,1-3H3,(H,16,18)/t14-/m0/s1. The predicted molar refractivity (Wildman–Crippen MR) is 86.8 cm³/mol. The summed E-state index contributed by atoms with van der Waals surface area (Å²) < 4.78 is 5.89. The molecule has 22 heavy (non-hydrogen) atoms. The Balaban J connectivity index is 1.61. The van der Waals surface area contributed by atoms with Crippen LogP contribution in [0.1, 0.15) is 28.3 Å². The molecule has 0 amide bonds. The van der Waals surface area contributed by atoms with Crippen molar-refractivity contribution < 1.29 is 4.74 Å². The van der Waals surface area contributed by atoms with Crippen molar-refractivity contribution in [2.45, 2.75) is 26.1 Å². The third-order valence-corrected chi connectivity index (χ3v) is 4.46. The number of morpholine rings is 1. The number of rotatable bonds is 5. The largest absolute Gasteiger partial charge is 0.368 e. The minimum absolute atomic E-state index is 0.0180. The van der Waals surface area contributed by atoms with E-state index in [2.05, 4.69) is 44.2 Å². The Bertz CT molecular complexity index is 609. The maximum absolute atomic E-state index is 5.89. The molecule has 0 saturated carbocycles. The van der Waals surface area contributed by atoms with Crippen molar-refractivity contribution >= 4 is 11.3 Å². The second kappa shape index (κ2) is 6.87. The van der Waals surface area contributed by atoms with Crippen molar-refractivity contribution in [3.63, 3.8) is 0 Å². The molecule has 1 saturated heterocycles. The number of imidazole rings is 1. The van der Waals surface area contributed by atoms with Gasteiger partial charge in [0.1, 0.15) is 11.9 Å². The van der Waals surface area contributed by atoms with Gasteiger partial charge in [0.05, 0.1) is 17.3 Å². The van der Waals surface area contributed by atoms with Gasteiger partial charge in [-0.15, -0.1) is 11.3 Å². The predicted octanol–water partition coefficient (Wildman–Crippen LogP) is 1.81. The fourth-order valence-electron chi connectivity index (χ4n) is 2.68. The Labute approximate surface area is 135 Å². The molecule has 0 bridgehead atoms. The summed E-state index contributed by atoms with van der Waals surface area (Å²) in [5.41, 5.74) is 2.27. The molecular weight excluding hydrogens is 298 g/mol. The number of aromatic amines is 1. The molecule has 1 N–H and O–H groups in total. The van der Waals surface area contributed by atoms with Crippen molar-refractivity contribution in [1.29, 1.82) is 0 Å². The van der Waals surface area contributed by atoms with E-state index < -0.39 is 0 Å². The Morgan fingerprint density at radius 2 is 2.36 bits per heavy atom. The van der Waals surface area contributed by atoms with E-state index in [1.165, 1.54) is 0 Å². The van der Waals surface area contributed by atoms with E-state index in [9.17, 15) is 0 Å². The summed E-state index contributed by atoms with van der Waals surface area (Å²) in [5.74, 6) is 0.927. The van der Waals surface area contributed by atoms with Crippen LogP contribution in [0.5, 0.6) is 0 Å². The van der Waals surface area contributed by atoms with Gasteiger partial charge in [0.2, 0.25) is 0 Å². The molecule has 3 rings (SSSR count). The smallest absolute Gasteiger partial charge is 0.136 e. The highest BCUT2D eigenvalue weighted by atomic mass is 32.1. The first-order valence-corrected chi connectivity index (χ1v) is 8.41. The maximum Gasteiger partial charge on any atom is 0.136 e. The molecule has 3 heterocycles. The summed E-state index contributed by atoms with van der Waals surface area (Å²) in [6, 6.07) is 0. The van der Waals surface area contributed by atoms with E-state index in [0.717, 1.165) is 55.0 Å². The van der Waals surface area contributed by atoms with Crippen molar-refractivity contribution in [2.24, 2.45) is 0 Å². The Hall–Kier alpha value is -1.28. The first-order chi connectivity index (χ1) is 10.6. The monoisotopic (exact) mass is 321 g/mol. The lowest BCUT2D eigenvalue weighted by molar-refractivity contribution is -0.0372. The van der Waals surface area contributed by atoms with E-state index in [1.54, 1.807) is 11.3 Å². The summed E-state index contributed by atoms with van der Waals surface area (Å²) >= 11 is 1.71. The van der Waals surface area contributed by atoms with Gasteiger partial charge in [0, 0.05) is 43.4 Å². The van der Waals surface area contributed by atoms with E-state index in [4.69, 9.17) is 4.74 Å². The van der Waals surface area contributed by atoms with Gasteiger partial charge in [-0.3, -0.25) is 4.90 Å². The topological polar surface area (TPSA) is 57.3 Å². The average Bonchev–Trinajstić information content (AvgIpc) is 3.08. The average molecular weight is 321 g/mol. The van der Waals surface area contributed by atoms with Gasteiger partial charge in [-0.1, -0.05) is 0 Å². The molecule has 7 heteroatoms. The zero-order valence-electron chi connectivity index (χ0n) is 13.4. The molecule has 6 nitrogen and oxygen atoms in total. The van der Waals surface area contributed by atoms with Crippen LogP contribution in [0.15, 0.2) is 11.6 Å². The zero-order chi connectivity index (χ0) is 15.5. The number of hydrogen-bond acceptors (Lipinski definition) is 6. The summed E-state index contributed by atoms with van der Waals surface area (Å²) in [6.07, 6.45) is 1.92. The summed E-state index contributed by atoms with van der Waals surface area (Å²) in [6.45, 7) is 6.32. The van der Waals surface area contributed by atoms with Crippen LogP contribution in [0.4, 0.5) is 0 Å². The minimum Gasteiger partial charge on any atom is -0.368 e. The van der Waals surface area contributed by atoms with Crippen LogP contribution in [0, 0.1) is 6.92 Å². The third-order valence-electron chi connectivity index (χ3n) is 3.64. The maximum atomic E-state index is 5.89. The Kier molecular flexibility index (Phi) is 4.87. The van der Waals surface area contributed by atoms with Gasteiger partial charge in [-0.25, -0.2) is 9.97 Å². The molecule has 0 aromatic carbocycles. The van der Waals surface area contributed by atoms with Gasteiger partial charge in [0.15, 0.2) is 0 Å². The van der Waals surface area contributed by atoms with E-state index in [-0.39, 0.29) is 6.10 Å². The molecule has 1 aliphatic heterocycles. The number of ether oxygens (including phenoxy) is 1. The van der Waals surface area contributed by atoms with Gasteiger partial charge in [0.25, 0.3) is 0 Å². The number of thiazole rings is 1. The van der Waals surface area contributed by atoms with E-state index in [0.29, 0.717) is 0 Å². The summed E-state index contributed by atoms with van der Waals surface area (Å²) in [7, 11) is 4.10. The summed E-state index contributed by atoms with van der Waals surface area (Å²) in [4.78, 5) is 16.9. The second-order valence-corrected chi connectivity index (χ2v) is 7.05. The lowest BCUT2D eigenvalue weighted by atomic mass is 10.2. The highest BCUT2D eigenvalue weighted by Crippen LogP contribution is 2.21. The van der Waals surface area contributed by atoms with Gasteiger partial charge in [-0.2, -0.15) is 0 Å². The first-order valence-electron chi connectivity index (χ1n) is 7.53. The minimum atomic E-state index is 0.0180. The number of aromatic nitrogens is 3. The van der Waals surface area contributed by atoms with Crippen LogP contribution >= 0.6 is 11.3 Å². The third kappa shape index (κ3) is 3.92. The van der Waals surface area contributed by atoms with Crippen LogP contribution in [-0.2, 0) is 17.8 Å². The van der Waals surface area contributed by atoms with Crippen LogP contribution in [-0.4, -0.2) is 58.5 Å². The van der Waals surface area contributed by atoms with Gasteiger partial charge in [-0.05, 0) is 21.0 Å². The van der Waals surface area contributed by atoms with Gasteiger partial charge < -0.3 is 14.6 Å². The summed E-state index contributed by atoms with van der Waals surface area (Å²) in [5, 5.41) is 3.26. The fraction of sp³-hybridized carbons (Fsp3) is 0.600. The molecule has 1 aliphatic rings. The second-order valence-electron chi connectivity index (χ2n) is 5.98. The molecule has 0 radical (unpaired) electrons. The Morgan fingerprint density at radius 3 is 3.09 bits per heavy atom. The Morgan fingerprint density at radius 1 is 1.50 bits per heavy atom. The first kappa shape index (κ1) is 15.6. The molecule has 1 fully saturated rings. The molecule has 0 aliphatic carbocycles. The normalized spacial score (nSPS) is 19.9. The van der Waals surface area contributed by atoms with Crippen LogP contribution in [0.25, 0.3) is 0 Å².